The molecule has 1 aliphatic rings. The van der Waals surface area contributed by atoms with Crippen LogP contribution in [0.15, 0.2) is 15.9 Å². The van der Waals surface area contributed by atoms with Crippen molar-refractivity contribution in [1.82, 2.24) is 4.90 Å². The Morgan fingerprint density at radius 2 is 2.29 bits per heavy atom. The molecule has 0 aromatic carbocycles. The Labute approximate surface area is 111 Å². The van der Waals surface area contributed by atoms with Crippen molar-refractivity contribution in [3.8, 4) is 0 Å². The van der Waals surface area contributed by atoms with Crippen molar-refractivity contribution in [3.05, 3.63) is 20.8 Å². The molecule has 0 radical (unpaired) electrons. The minimum absolute atomic E-state index is 0.0781. The Bertz CT molecular complexity index is 473. The number of hydrogen-bond acceptors (Lipinski definition) is 3. The van der Waals surface area contributed by atoms with Crippen LogP contribution in [-0.2, 0) is 4.79 Å². The number of likely N-dealkylation sites (tertiary alicyclic amines) is 1. The summed E-state index contributed by atoms with van der Waals surface area (Å²) in [5.41, 5.74) is -0.801. The first-order valence-electron chi connectivity index (χ1n) is 5.19. The van der Waals surface area contributed by atoms with E-state index >= 15 is 0 Å². The normalized spacial score (nSPS) is 24.0. The van der Waals surface area contributed by atoms with Crippen LogP contribution in [-0.4, -0.2) is 35.0 Å². The summed E-state index contributed by atoms with van der Waals surface area (Å²) in [6, 6.07) is 1.77. The van der Waals surface area contributed by atoms with Gasteiger partial charge in [0.25, 0.3) is 5.91 Å². The van der Waals surface area contributed by atoms with E-state index in [-0.39, 0.29) is 12.5 Å². The van der Waals surface area contributed by atoms with Gasteiger partial charge in [-0.15, -0.1) is 11.3 Å². The smallest absolute Gasteiger partial charge is 0.311 e. The number of carboxylic acids is 1. The zero-order valence-corrected chi connectivity index (χ0v) is 11.7. The number of nitrogens with zero attached hydrogens (tertiary/aromatic N) is 1. The number of carboxylic acid groups (broad SMARTS) is 1. The van der Waals surface area contributed by atoms with E-state index in [4.69, 9.17) is 5.11 Å². The Kier molecular flexibility index (Phi) is 3.27. The van der Waals surface area contributed by atoms with Crippen molar-refractivity contribution in [1.29, 1.82) is 0 Å². The summed E-state index contributed by atoms with van der Waals surface area (Å²) in [6.45, 7) is 2.49. The molecule has 1 aliphatic heterocycles. The number of carbonyl (C=O) groups excluding carboxylic acids is 1. The van der Waals surface area contributed by atoms with Gasteiger partial charge in [-0.2, -0.15) is 0 Å². The summed E-state index contributed by atoms with van der Waals surface area (Å²) in [7, 11) is 0. The van der Waals surface area contributed by atoms with E-state index < -0.39 is 11.4 Å². The van der Waals surface area contributed by atoms with Gasteiger partial charge in [-0.1, -0.05) is 0 Å². The molecule has 0 saturated carbocycles. The van der Waals surface area contributed by atoms with Gasteiger partial charge in [0.05, 0.1) is 10.3 Å². The molecule has 1 aromatic rings. The van der Waals surface area contributed by atoms with Gasteiger partial charge in [0.2, 0.25) is 0 Å². The second-order valence-electron chi connectivity index (χ2n) is 4.47. The topological polar surface area (TPSA) is 57.6 Å². The summed E-state index contributed by atoms with van der Waals surface area (Å²) < 4.78 is 0.881. The molecule has 1 fully saturated rings. The lowest BCUT2D eigenvalue weighted by atomic mass is 9.90. The molecule has 6 heteroatoms. The summed E-state index contributed by atoms with van der Waals surface area (Å²) in [5, 5.41) is 11.0. The fourth-order valence-corrected chi connectivity index (χ4v) is 3.28. The van der Waals surface area contributed by atoms with E-state index in [1.54, 1.807) is 17.9 Å². The lowest BCUT2D eigenvalue weighted by Crippen LogP contribution is -2.34. The van der Waals surface area contributed by atoms with Crippen molar-refractivity contribution < 1.29 is 14.7 Å². The number of rotatable bonds is 2. The Morgan fingerprint density at radius 1 is 1.59 bits per heavy atom. The third-order valence-electron chi connectivity index (χ3n) is 3.06. The van der Waals surface area contributed by atoms with Crippen molar-refractivity contribution in [2.24, 2.45) is 5.41 Å². The first kappa shape index (κ1) is 12.6. The zero-order valence-electron chi connectivity index (χ0n) is 9.27. The highest BCUT2D eigenvalue weighted by molar-refractivity contribution is 9.10. The molecule has 1 unspecified atom stereocenters. The molecule has 1 aromatic heterocycles. The van der Waals surface area contributed by atoms with Crippen LogP contribution in [0.4, 0.5) is 0 Å². The van der Waals surface area contributed by atoms with Crippen LogP contribution in [0.1, 0.15) is 23.0 Å². The van der Waals surface area contributed by atoms with Crippen LogP contribution in [0.25, 0.3) is 0 Å². The van der Waals surface area contributed by atoms with Crippen LogP contribution < -0.4 is 0 Å². The summed E-state index contributed by atoms with van der Waals surface area (Å²) >= 11 is 4.67. The molecule has 1 saturated heterocycles. The predicted octanol–water partition coefficient (Wildman–Crippen LogP) is 2.45. The van der Waals surface area contributed by atoms with Gasteiger partial charge in [-0.3, -0.25) is 9.59 Å². The molecule has 1 N–H and O–H groups in total. The maximum Gasteiger partial charge on any atom is 0.311 e. The monoisotopic (exact) mass is 317 g/mol. The highest BCUT2D eigenvalue weighted by atomic mass is 79.9. The molecular weight excluding hydrogens is 306 g/mol. The van der Waals surface area contributed by atoms with Crippen molar-refractivity contribution >= 4 is 39.1 Å². The maximum absolute atomic E-state index is 12.1. The van der Waals surface area contributed by atoms with E-state index in [2.05, 4.69) is 15.9 Å². The number of amides is 1. The number of halogens is 1. The van der Waals surface area contributed by atoms with E-state index in [1.807, 2.05) is 5.38 Å². The molecule has 2 rings (SSSR count). The summed E-state index contributed by atoms with van der Waals surface area (Å²) in [4.78, 5) is 25.4. The van der Waals surface area contributed by atoms with Gasteiger partial charge >= 0.3 is 5.97 Å². The Morgan fingerprint density at radius 3 is 2.76 bits per heavy atom. The van der Waals surface area contributed by atoms with Gasteiger partial charge in [-0.05, 0) is 35.3 Å². The van der Waals surface area contributed by atoms with Gasteiger partial charge in [0, 0.05) is 22.9 Å². The van der Waals surface area contributed by atoms with E-state index in [9.17, 15) is 9.59 Å². The van der Waals surface area contributed by atoms with Crippen molar-refractivity contribution in [2.45, 2.75) is 13.3 Å². The van der Waals surface area contributed by atoms with Crippen LogP contribution >= 0.6 is 27.3 Å². The molecule has 1 atom stereocenters. The zero-order chi connectivity index (χ0) is 12.6. The van der Waals surface area contributed by atoms with Crippen LogP contribution in [0.5, 0.6) is 0 Å². The first-order valence-corrected chi connectivity index (χ1v) is 6.86. The molecule has 92 valence electrons. The lowest BCUT2D eigenvalue weighted by Gasteiger charge is -2.19. The predicted molar refractivity (Wildman–Crippen MR) is 68.3 cm³/mol. The summed E-state index contributed by atoms with van der Waals surface area (Å²) in [5.74, 6) is -0.911. The highest BCUT2D eigenvalue weighted by Crippen LogP contribution is 2.32. The van der Waals surface area contributed by atoms with E-state index in [0.717, 1.165) is 4.47 Å². The second kappa shape index (κ2) is 4.42. The minimum atomic E-state index is -0.833. The molecule has 0 aliphatic carbocycles. The van der Waals surface area contributed by atoms with E-state index in [1.165, 1.54) is 11.3 Å². The minimum Gasteiger partial charge on any atom is -0.481 e. The number of aliphatic carboxylic acids is 1. The number of carbonyl (C=O) groups is 2. The number of hydrogen-bond donors (Lipinski definition) is 1. The van der Waals surface area contributed by atoms with Gasteiger partial charge in [0.1, 0.15) is 0 Å². The maximum atomic E-state index is 12.1. The largest absolute Gasteiger partial charge is 0.481 e. The van der Waals surface area contributed by atoms with Crippen molar-refractivity contribution in [2.75, 3.05) is 13.1 Å². The van der Waals surface area contributed by atoms with Crippen LogP contribution in [0.2, 0.25) is 0 Å². The quantitative estimate of drug-likeness (QED) is 0.911. The Hall–Kier alpha value is -0.880. The average molecular weight is 318 g/mol. The van der Waals surface area contributed by atoms with Crippen LogP contribution in [0, 0.1) is 5.41 Å². The lowest BCUT2D eigenvalue weighted by molar-refractivity contribution is -0.147. The fourth-order valence-electron chi connectivity index (χ4n) is 1.89. The van der Waals surface area contributed by atoms with Gasteiger partial charge in [-0.25, -0.2) is 0 Å². The second-order valence-corrected chi connectivity index (χ2v) is 6.30. The molecule has 17 heavy (non-hydrogen) atoms. The molecule has 1 amide bonds. The third kappa shape index (κ3) is 2.37. The van der Waals surface area contributed by atoms with E-state index in [0.29, 0.717) is 17.8 Å². The molecule has 0 bridgehead atoms. The molecule has 0 spiro atoms. The summed E-state index contributed by atoms with van der Waals surface area (Å²) in [6.07, 6.45) is 0.515. The van der Waals surface area contributed by atoms with Gasteiger partial charge < -0.3 is 10.0 Å². The van der Waals surface area contributed by atoms with Crippen LogP contribution in [0.3, 0.4) is 0 Å². The average Bonchev–Trinajstić information content (AvgIpc) is 2.85. The SMILES string of the molecule is CC1(C(=O)O)CCN(C(=O)c2cc(Br)cs2)C1. The first-order chi connectivity index (χ1) is 7.92. The highest BCUT2D eigenvalue weighted by Gasteiger charge is 2.42. The standard InChI is InChI=1S/C11H12BrNO3S/c1-11(10(15)16)2-3-13(6-11)9(14)8-4-7(12)5-17-8/h4-5H,2-3,6H2,1H3,(H,15,16). The van der Waals surface area contributed by atoms with Gasteiger partial charge in [0.15, 0.2) is 0 Å². The molecule has 4 nitrogen and oxygen atoms in total. The Balaban J connectivity index is 2.11. The van der Waals surface area contributed by atoms with Crippen molar-refractivity contribution in [3.63, 3.8) is 0 Å². The molecular formula is C11H12BrNO3S. The number of thiophene rings is 1. The molecule has 2 heterocycles. The fraction of sp³-hybridized carbons (Fsp3) is 0.455. The third-order valence-corrected chi connectivity index (χ3v) is 4.73.